The van der Waals surface area contributed by atoms with Gasteiger partial charge in [-0.3, -0.25) is 4.79 Å². The van der Waals surface area contributed by atoms with E-state index < -0.39 is 0 Å². The third-order valence-corrected chi connectivity index (χ3v) is 4.12. The molecule has 1 amide bonds. The van der Waals surface area contributed by atoms with Crippen LogP contribution in [0.4, 0.5) is 0 Å². The van der Waals surface area contributed by atoms with E-state index in [0.29, 0.717) is 0 Å². The molecule has 21 heavy (non-hydrogen) atoms. The third kappa shape index (κ3) is 4.16. The molecular weight excluding hydrogens is 284 g/mol. The second-order valence-corrected chi connectivity index (χ2v) is 5.64. The Labute approximate surface area is 128 Å². The number of hydrogen-bond donors (Lipinski definition) is 1. The molecule has 1 N–H and O–H groups in total. The van der Waals surface area contributed by atoms with E-state index in [2.05, 4.69) is 10.5 Å². The number of rotatable bonds is 5. The highest BCUT2D eigenvalue weighted by Gasteiger charge is 2.06. The van der Waals surface area contributed by atoms with E-state index in [4.69, 9.17) is 4.74 Å². The molecule has 0 aliphatic heterocycles. The second-order valence-electron chi connectivity index (χ2n) is 4.70. The molecule has 0 bridgehead atoms. The third-order valence-electron chi connectivity index (χ3n) is 3.14. The molecule has 0 aliphatic carbocycles. The standard InChI is InChI=1S/C16H18N2O2S/c1-11-6-4-7-14(12(11)2)20-10-16(19)18-17-13(3)15-8-5-9-21-15/h4-9H,10H2,1-3H3,(H,18,19). The van der Waals surface area contributed by atoms with E-state index in [1.807, 2.05) is 56.5 Å². The highest BCUT2D eigenvalue weighted by Crippen LogP contribution is 2.20. The van der Waals surface area contributed by atoms with Crippen LogP contribution in [0.2, 0.25) is 0 Å². The number of benzene rings is 1. The zero-order chi connectivity index (χ0) is 15.2. The number of hydrogen-bond acceptors (Lipinski definition) is 4. The van der Waals surface area contributed by atoms with Crippen LogP contribution in [-0.2, 0) is 4.79 Å². The summed E-state index contributed by atoms with van der Waals surface area (Å²) < 4.78 is 5.52. The number of nitrogens with zero attached hydrogens (tertiary/aromatic N) is 1. The molecule has 0 fully saturated rings. The summed E-state index contributed by atoms with van der Waals surface area (Å²) in [6, 6.07) is 9.69. The first-order valence-corrected chi connectivity index (χ1v) is 7.52. The van der Waals surface area contributed by atoms with Crippen LogP contribution in [-0.4, -0.2) is 18.2 Å². The van der Waals surface area contributed by atoms with Gasteiger partial charge in [-0.15, -0.1) is 11.3 Å². The van der Waals surface area contributed by atoms with Gasteiger partial charge in [-0.1, -0.05) is 18.2 Å². The summed E-state index contributed by atoms with van der Waals surface area (Å²) >= 11 is 1.58. The molecule has 2 aromatic rings. The average molecular weight is 302 g/mol. The highest BCUT2D eigenvalue weighted by atomic mass is 32.1. The summed E-state index contributed by atoms with van der Waals surface area (Å²) in [4.78, 5) is 12.8. The molecule has 5 heteroatoms. The van der Waals surface area contributed by atoms with Gasteiger partial charge < -0.3 is 4.74 Å². The van der Waals surface area contributed by atoms with E-state index in [9.17, 15) is 4.79 Å². The maximum absolute atomic E-state index is 11.7. The van der Waals surface area contributed by atoms with Crippen molar-refractivity contribution in [3.05, 3.63) is 51.7 Å². The SMILES string of the molecule is CC(=NNC(=O)COc1cccc(C)c1C)c1cccs1. The van der Waals surface area contributed by atoms with E-state index >= 15 is 0 Å². The Kier molecular flexibility index (Phi) is 5.11. The summed E-state index contributed by atoms with van der Waals surface area (Å²) in [6.45, 7) is 5.79. The number of hydrazone groups is 1. The zero-order valence-electron chi connectivity index (χ0n) is 12.3. The molecule has 110 valence electrons. The number of amides is 1. The lowest BCUT2D eigenvalue weighted by Crippen LogP contribution is -2.25. The lowest BCUT2D eigenvalue weighted by Gasteiger charge is -2.09. The molecule has 0 saturated heterocycles. The van der Waals surface area contributed by atoms with E-state index in [0.717, 1.165) is 27.5 Å². The lowest BCUT2D eigenvalue weighted by molar-refractivity contribution is -0.123. The van der Waals surface area contributed by atoms with Crippen molar-refractivity contribution in [3.8, 4) is 5.75 Å². The summed E-state index contributed by atoms with van der Waals surface area (Å²) in [7, 11) is 0. The maximum atomic E-state index is 11.7. The van der Waals surface area contributed by atoms with Gasteiger partial charge in [0, 0.05) is 4.88 Å². The van der Waals surface area contributed by atoms with E-state index in [1.165, 1.54) is 0 Å². The maximum Gasteiger partial charge on any atom is 0.277 e. The molecule has 0 radical (unpaired) electrons. The van der Waals surface area contributed by atoms with Gasteiger partial charge in [0.15, 0.2) is 6.61 Å². The average Bonchev–Trinajstić information content (AvgIpc) is 3.00. The van der Waals surface area contributed by atoms with Gasteiger partial charge >= 0.3 is 0 Å². The molecule has 0 unspecified atom stereocenters. The zero-order valence-corrected chi connectivity index (χ0v) is 13.2. The van der Waals surface area contributed by atoms with Gasteiger partial charge in [0.05, 0.1) is 5.71 Å². The van der Waals surface area contributed by atoms with Crippen molar-refractivity contribution < 1.29 is 9.53 Å². The first-order valence-electron chi connectivity index (χ1n) is 6.64. The molecule has 0 spiro atoms. The number of ether oxygens (including phenoxy) is 1. The summed E-state index contributed by atoms with van der Waals surface area (Å²) in [6.07, 6.45) is 0. The van der Waals surface area contributed by atoms with Crippen LogP contribution in [0.5, 0.6) is 5.75 Å². The Hall–Kier alpha value is -2.14. The quantitative estimate of drug-likeness (QED) is 0.680. The first kappa shape index (κ1) is 15.3. The second kappa shape index (κ2) is 7.04. The van der Waals surface area contributed by atoms with E-state index in [-0.39, 0.29) is 12.5 Å². The van der Waals surface area contributed by atoms with Gasteiger partial charge in [-0.05, 0) is 49.4 Å². The summed E-state index contributed by atoms with van der Waals surface area (Å²) in [5, 5.41) is 6.04. The van der Waals surface area contributed by atoms with E-state index in [1.54, 1.807) is 11.3 Å². The molecule has 2 rings (SSSR count). The van der Waals surface area contributed by atoms with Crippen molar-refractivity contribution in [1.82, 2.24) is 5.43 Å². The van der Waals surface area contributed by atoms with Crippen molar-refractivity contribution in [1.29, 1.82) is 0 Å². The summed E-state index contributed by atoms with van der Waals surface area (Å²) in [5.41, 5.74) is 5.47. The van der Waals surface area contributed by atoms with Crippen molar-refractivity contribution in [2.75, 3.05) is 6.61 Å². The van der Waals surface area contributed by atoms with Gasteiger partial charge in [0.2, 0.25) is 0 Å². The van der Waals surface area contributed by atoms with Crippen LogP contribution in [0, 0.1) is 13.8 Å². The molecule has 0 atom stereocenters. The van der Waals surface area contributed by atoms with Gasteiger partial charge in [-0.25, -0.2) is 5.43 Å². The molecule has 1 heterocycles. The minimum atomic E-state index is -0.271. The fourth-order valence-corrected chi connectivity index (χ4v) is 2.42. The summed E-state index contributed by atoms with van der Waals surface area (Å²) in [5.74, 6) is 0.455. The van der Waals surface area contributed by atoms with Crippen LogP contribution in [0.25, 0.3) is 0 Å². The molecule has 0 aliphatic rings. The van der Waals surface area contributed by atoms with Crippen LogP contribution in [0.3, 0.4) is 0 Å². The topological polar surface area (TPSA) is 50.7 Å². The van der Waals surface area contributed by atoms with Gasteiger partial charge in [0.1, 0.15) is 5.75 Å². The predicted octanol–water partition coefficient (Wildman–Crippen LogP) is 3.28. The highest BCUT2D eigenvalue weighted by molar-refractivity contribution is 7.12. The minimum Gasteiger partial charge on any atom is -0.483 e. The Morgan fingerprint density at radius 3 is 2.81 bits per heavy atom. The molecular formula is C16H18N2O2S. The van der Waals surface area contributed by atoms with Gasteiger partial charge in [-0.2, -0.15) is 5.10 Å². The van der Waals surface area contributed by atoms with Crippen molar-refractivity contribution >= 4 is 23.0 Å². The molecule has 4 nitrogen and oxygen atoms in total. The first-order chi connectivity index (χ1) is 10.1. The molecule has 1 aromatic heterocycles. The van der Waals surface area contributed by atoms with Crippen LogP contribution in [0.1, 0.15) is 22.9 Å². The lowest BCUT2D eigenvalue weighted by atomic mass is 10.1. The smallest absolute Gasteiger partial charge is 0.277 e. The number of thiophene rings is 1. The minimum absolute atomic E-state index is 0.0501. The fourth-order valence-electron chi connectivity index (χ4n) is 1.74. The van der Waals surface area contributed by atoms with Gasteiger partial charge in [0.25, 0.3) is 5.91 Å². The predicted molar refractivity (Wildman–Crippen MR) is 86.1 cm³/mol. The largest absolute Gasteiger partial charge is 0.483 e. The molecule has 1 aromatic carbocycles. The van der Waals surface area contributed by atoms with Crippen LogP contribution >= 0.6 is 11.3 Å². The monoisotopic (exact) mass is 302 g/mol. The van der Waals surface area contributed by atoms with Crippen LogP contribution < -0.4 is 10.2 Å². The number of aryl methyl sites for hydroxylation is 1. The number of carbonyl (C=O) groups is 1. The molecule has 0 saturated carbocycles. The van der Waals surface area contributed by atoms with Crippen molar-refractivity contribution in [3.63, 3.8) is 0 Å². The van der Waals surface area contributed by atoms with Crippen LogP contribution in [0.15, 0.2) is 40.8 Å². The Balaban J connectivity index is 1.88. The Bertz CT molecular complexity index is 648. The van der Waals surface area contributed by atoms with Crippen molar-refractivity contribution in [2.24, 2.45) is 5.10 Å². The Morgan fingerprint density at radius 1 is 1.29 bits per heavy atom. The normalized spacial score (nSPS) is 11.3. The fraction of sp³-hybridized carbons (Fsp3) is 0.250. The number of carbonyl (C=O) groups excluding carboxylic acids is 1. The Morgan fingerprint density at radius 2 is 2.10 bits per heavy atom. The number of nitrogens with one attached hydrogen (secondary N) is 1. The van der Waals surface area contributed by atoms with Crippen molar-refractivity contribution in [2.45, 2.75) is 20.8 Å².